The number of halogens is 1. The van der Waals surface area contributed by atoms with E-state index in [0.29, 0.717) is 13.0 Å². The molecular formula is C18H20FN3O2. The van der Waals surface area contributed by atoms with Crippen molar-refractivity contribution in [1.29, 1.82) is 0 Å². The van der Waals surface area contributed by atoms with Crippen LogP contribution in [0, 0.1) is 12.7 Å². The van der Waals surface area contributed by atoms with Gasteiger partial charge < -0.3 is 9.64 Å². The highest BCUT2D eigenvalue weighted by Crippen LogP contribution is 2.33. The van der Waals surface area contributed by atoms with Gasteiger partial charge in [0.1, 0.15) is 0 Å². The summed E-state index contributed by atoms with van der Waals surface area (Å²) in [6, 6.07) is 6.87. The van der Waals surface area contributed by atoms with E-state index in [2.05, 4.69) is 10.2 Å². The van der Waals surface area contributed by atoms with Crippen LogP contribution in [-0.2, 0) is 11.2 Å². The van der Waals surface area contributed by atoms with Gasteiger partial charge >= 0.3 is 0 Å². The minimum Gasteiger partial charge on any atom is -0.477 e. The second kappa shape index (κ2) is 5.92. The molecule has 0 radical (unpaired) electrons. The zero-order valence-corrected chi connectivity index (χ0v) is 13.6. The van der Waals surface area contributed by atoms with Crippen LogP contribution in [0.1, 0.15) is 35.7 Å². The van der Waals surface area contributed by atoms with Gasteiger partial charge in [0.2, 0.25) is 0 Å². The number of aromatic nitrogens is 2. The van der Waals surface area contributed by atoms with Crippen molar-refractivity contribution in [2.45, 2.75) is 38.2 Å². The number of amides is 1. The normalized spacial score (nSPS) is 23.0. The van der Waals surface area contributed by atoms with Crippen LogP contribution < -0.4 is 4.74 Å². The van der Waals surface area contributed by atoms with E-state index in [1.54, 1.807) is 6.07 Å². The third kappa shape index (κ3) is 2.66. The molecule has 1 saturated heterocycles. The number of benzene rings is 1. The molecule has 0 unspecified atom stereocenters. The maximum atomic E-state index is 13.8. The first kappa shape index (κ1) is 15.2. The largest absolute Gasteiger partial charge is 0.477 e. The van der Waals surface area contributed by atoms with Crippen molar-refractivity contribution in [3.63, 3.8) is 0 Å². The molecule has 1 fully saturated rings. The topological polar surface area (TPSA) is 58.2 Å². The number of hydrogen-bond acceptors (Lipinski definition) is 3. The van der Waals surface area contributed by atoms with E-state index >= 15 is 0 Å². The highest BCUT2D eigenvalue weighted by atomic mass is 19.1. The van der Waals surface area contributed by atoms with Crippen LogP contribution >= 0.6 is 0 Å². The molecule has 2 atom stereocenters. The number of rotatable bonds is 2. The Morgan fingerprint density at radius 3 is 3.08 bits per heavy atom. The highest BCUT2D eigenvalue weighted by Gasteiger charge is 2.36. The lowest BCUT2D eigenvalue weighted by Crippen LogP contribution is -2.46. The number of H-pyrrole nitrogens is 1. The SMILES string of the molecule is Cc1cc([C@@H]2CCCN(C(=O)[C@@H]3Cc4cccc(F)c4O3)C2)n[nH]1. The summed E-state index contributed by atoms with van der Waals surface area (Å²) < 4.78 is 19.4. The summed E-state index contributed by atoms with van der Waals surface area (Å²) in [6.45, 7) is 3.33. The molecule has 1 N–H and O–H groups in total. The lowest BCUT2D eigenvalue weighted by atomic mass is 9.94. The molecule has 0 spiro atoms. The molecule has 126 valence electrons. The first-order chi connectivity index (χ1) is 11.6. The highest BCUT2D eigenvalue weighted by molar-refractivity contribution is 5.82. The van der Waals surface area contributed by atoms with Crippen LogP contribution in [0.3, 0.4) is 0 Å². The van der Waals surface area contributed by atoms with Crippen molar-refractivity contribution in [3.05, 3.63) is 47.0 Å². The van der Waals surface area contributed by atoms with Gasteiger partial charge in [-0.2, -0.15) is 5.10 Å². The minimum atomic E-state index is -0.614. The number of aryl methyl sites for hydroxylation is 1. The summed E-state index contributed by atoms with van der Waals surface area (Å²) in [6.07, 6.45) is 1.79. The van der Waals surface area contributed by atoms with Crippen LogP contribution in [0.5, 0.6) is 5.75 Å². The number of piperidine rings is 1. The standard InChI is InChI=1S/C18H20FN3O2/c1-11-8-15(21-20-11)13-5-3-7-22(10-13)18(23)16-9-12-4-2-6-14(19)17(12)24-16/h2,4,6,8,13,16H,3,5,7,9-10H2,1H3,(H,20,21)/t13-,16+/m1/s1. The van der Waals surface area contributed by atoms with Crippen molar-refractivity contribution < 1.29 is 13.9 Å². The van der Waals surface area contributed by atoms with Crippen molar-refractivity contribution in [2.75, 3.05) is 13.1 Å². The monoisotopic (exact) mass is 329 g/mol. The van der Waals surface area contributed by atoms with E-state index in [4.69, 9.17) is 4.74 Å². The number of likely N-dealkylation sites (tertiary alicyclic amines) is 1. The van der Waals surface area contributed by atoms with Gasteiger partial charge in [0.25, 0.3) is 5.91 Å². The van der Waals surface area contributed by atoms with E-state index < -0.39 is 11.9 Å². The molecule has 2 aromatic rings. The Morgan fingerprint density at radius 1 is 1.46 bits per heavy atom. The van der Waals surface area contributed by atoms with Crippen molar-refractivity contribution >= 4 is 5.91 Å². The second-order valence-corrected chi connectivity index (χ2v) is 6.64. The molecule has 6 heteroatoms. The molecule has 2 aliphatic heterocycles. The second-order valence-electron chi connectivity index (χ2n) is 6.64. The summed E-state index contributed by atoms with van der Waals surface area (Å²) in [7, 11) is 0. The predicted octanol–water partition coefficient (Wildman–Crippen LogP) is 2.57. The van der Waals surface area contributed by atoms with Gasteiger partial charge in [-0.05, 0) is 31.9 Å². The number of hydrogen-bond donors (Lipinski definition) is 1. The van der Waals surface area contributed by atoms with Crippen LogP contribution in [0.25, 0.3) is 0 Å². The summed E-state index contributed by atoms with van der Waals surface area (Å²) >= 11 is 0. The first-order valence-corrected chi connectivity index (χ1v) is 8.36. The lowest BCUT2D eigenvalue weighted by molar-refractivity contribution is -0.139. The van der Waals surface area contributed by atoms with Gasteiger partial charge in [0, 0.05) is 36.7 Å². The maximum Gasteiger partial charge on any atom is 0.264 e. The molecule has 1 amide bonds. The quantitative estimate of drug-likeness (QED) is 0.921. The van der Waals surface area contributed by atoms with Crippen LogP contribution in [0.15, 0.2) is 24.3 Å². The molecule has 2 aliphatic rings. The zero-order valence-electron chi connectivity index (χ0n) is 13.6. The Hall–Kier alpha value is -2.37. The summed E-state index contributed by atoms with van der Waals surface area (Å²) in [5.74, 6) is 0.0226. The molecule has 24 heavy (non-hydrogen) atoms. The number of nitrogens with zero attached hydrogens (tertiary/aromatic N) is 2. The van der Waals surface area contributed by atoms with Crippen molar-refractivity contribution in [3.8, 4) is 5.75 Å². The number of carbonyl (C=O) groups excluding carboxylic acids is 1. The minimum absolute atomic E-state index is 0.0532. The Balaban J connectivity index is 1.46. The predicted molar refractivity (Wildman–Crippen MR) is 86.4 cm³/mol. The lowest BCUT2D eigenvalue weighted by Gasteiger charge is -2.33. The number of aromatic amines is 1. The Morgan fingerprint density at radius 2 is 2.33 bits per heavy atom. The summed E-state index contributed by atoms with van der Waals surface area (Å²) in [5.41, 5.74) is 2.80. The average Bonchev–Trinajstić information content (AvgIpc) is 3.21. The number of para-hydroxylation sites is 1. The fourth-order valence-corrected chi connectivity index (χ4v) is 3.64. The van der Waals surface area contributed by atoms with Gasteiger partial charge in [-0.15, -0.1) is 0 Å². The Kier molecular flexibility index (Phi) is 3.75. The summed E-state index contributed by atoms with van der Waals surface area (Å²) in [4.78, 5) is 14.7. The molecule has 1 aromatic heterocycles. The smallest absolute Gasteiger partial charge is 0.264 e. The Bertz CT molecular complexity index is 773. The zero-order chi connectivity index (χ0) is 16.7. The molecular weight excluding hydrogens is 309 g/mol. The van der Waals surface area contributed by atoms with Gasteiger partial charge in [-0.25, -0.2) is 4.39 Å². The molecule has 0 aliphatic carbocycles. The first-order valence-electron chi connectivity index (χ1n) is 8.36. The van der Waals surface area contributed by atoms with Crippen molar-refractivity contribution in [1.82, 2.24) is 15.1 Å². The Labute approximate surface area is 139 Å². The van der Waals surface area contributed by atoms with Gasteiger partial charge in [0.05, 0.1) is 5.69 Å². The average molecular weight is 329 g/mol. The van der Waals surface area contributed by atoms with E-state index in [1.807, 2.05) is 24.0 Å². The number of carbonyl (C=O) groups is 1. The molecule has 0 saturated carbocycles. The third-order valence-electron chi connectivity index (χ3n) is 4.87. The number of ether oxygens (including phenoxy) is 1. The molecule has 1 aromatic carbocycles. The molecule has 0 bridgehead atoms. The van der Waals surface area contributed by atoms with E-state index in [-0.39, 0.29) is 17.6 Å². The third-order valence-corrected chi connectivity index (χ3v) is 4.87. The molecule has 3 heterocycles. The van der Waals surface area contributed by atoms with Gasteiger partial charge in [0.15, 0.2) is 17.7 Å². The van der Waals surface area contributed by atoms with Crippen LogP contribution in [-0.4, -0.2) is 40.2 Å². The number of fused-ring (bicyclic) bond motifs is 1. The van der Waals surface area contributed by atoms with Crippen LogP contribution in [0.4, 0.5) is 4.39 Å². The van der Waals surface area contributed by atoms with Gasteiger partial charge in [-0.1, -0.05) is 12.1 Å². The van der Waals surface area contributed by atoms with Crippen LogP contribution in [0.2, 0.25) is 0 Å². The van der Waals surface area contributed by atoms with E-state index in [9.17, 15) is 9.18 Å². The van der Waals surface area contributed by atoms with E-state index in [0.717, 1.165) is 36.3 Å². The fraction of sp³-hybridized carbons (Fsp3) is 0.444. The van der Waals surface area contributed by atoms with Crippen molar-refractivity contribution in [2.24, 2.45) is 0 Å². The summed E-state index contributed by atoms with van der Waals surface area (Å²) in [5, 5.41) is 7.29. The molecule has 5 nitrogen and oxygen atoms in total. The number of nitrogens with one attached hydrogen (secondary N) is 1. The fourth-order valence-electron chi connectivity index (χ4n) is 3.64. The van der Waals surface area contributed by atoms with E-state index in [1.165, 1.54) is 6.07 Å². The molecule has 4 rings (SSSR count). The van der Waals surface area contributed by atoms with Gasteiger partial charge in [-0.3, -0.25) is 9.89 Å². The maximum absolute atomic E-state index is 13.8.